The first kappa shape index (κ1) is 21.6. The molecular weight excluding hydrogens is 418 g/mol. The molecule has 0 spiro atoms. The first-order chi connectivity index (χ1) is 16.0. The summed E-state index contributed by atoms with van der Waals surface area (Å²) in [5.74, 6) is 0.255. The molecule has 0 N–H and O–H groups in total. The fraction of sp³-hybridized carbons (Fsp3) is 0.440. The summed E-state index contributed by atoms with van der Waals surface area (Å²) < 4.78 is 5.73. The second kappa shape index (κ2) is 8.94. The maximum Gasteiger partial charge on any atom is 0.277 e. The molecule has 2 fully saturated rings. The van der Waals surface area contributed by atoms with Gasteiger partial charge in [-0.3, -0.25) is 14.5 Å². The van der Waals surface area contributed by atoms with Gasteiger partial charge in [0.2, 0.25) is 5.95 Å². The average molecular weight is 448 g/mol. The van der Waals surface area contributed by atoms with Crippen LogP contribution in [-0.2, 0) is 14.3 Å². The number of aryl methyl sites for hydroxylation is 2. The molecule has 1 aromatic carbocycles. The number of ether oxygens (including phenoxy) is 1. The zero-order valence-electron chi connectivity index (χ0n) is 19.2. The number of benzene rings is 1. The predicted molar refractivity (Wildman–Crippen MR) is 124 cm³/mol. The number of anilines is 1. The third-order valence-corrected chi connectivity index (χ3v) is 6.78. The number of hydrogen-bond acceptors (Lipinski definition) is 7. The molecule has 0 radical (unpaired) electrons. The minimum absolute atomic E-state index is 0.0784. The van der Waals surface area contributed by atoms with Crippen molar-refractivity contribution in [1.82, 2.24) is 19.8 Å². The molecule has 8 heteroatoms. The van der Waals surface area contributed by atoms with Crippen LogP contribution in [0.2, 0.25) is 0 Å². The maximum absolute atomic E-state index is 13.6. The molecule has 3 aliphatic rings. The highest BCUT2D eigenvalue weighted by atomic mass is 16.5. The van der Waals surface area contributed by atoms with Crippen LogP contribution in [0.1, 0.15) is 29.5 Å². The van der Waals surface area contributed by atoms with E-state index in [1.54, 1.807) is 18.5 Å². The van der Waals surface area contributed by atoms with Crippen LogP contribution in [0, 0.1) is 13.8 Å². The van der Waals surface area contributed by atoms with Crippen molar-refractivity contribution in [3.8, 4) is 0 Å². The first-order valence-corrected chi connectivity index (χ1v) is 11.6. The van der Waals surface area contributed by atoms with Crippen molar-refractivity contribution < 1.29 is 14.3 Å². The number of nitrogens with zero attached hydrogens (tertiary/aromatic N) is 5. The van der Waals surface area contributed by atoms with Crippen LogP contribution in [0.15, 0.2) is 42.4 Å². The Bertz CT molecular complexity index is 1090. The molecule has 1 atom stereocenters. The van der Waals surface area contributed by atoms with Crippen LogP contribution >= 0.6 is 0 Å². The van der Waals surface area contributed by atoms with E-state index in [1.165, 1.54) is 4.90 Å². The van der Waals surface area contributed by atoms with Crippen LogP contribution in [0.3, 0.4) is 0 Å². The molecule has 4 heterocycles. The monoisotopic (exact) mass is 447 g/mol. The Morgan fingerprint density at radius 3 is 2.36 bits per heavy atom. The second-order valence-corrected chi connectivity index (χ2v) is 8.90. The zero-order valence-corrected chi connectivity index (χ0v) is 19.2. The summed E-state index contributed by atoms with van der Waals surface area (Å²) in [6.45, 7) is 7.68. The summed E-state index contributed by atoms with van der Waals surface area (Å²) in [5, 5.41) is 0. The largest absolute Gasteiger partial charge is 0.376 e. The number of imide groups is 1. The van der Waals surface area contributed by atoms with Crippen LogP contribution in [-0.4, -0.2) is 77.0 Å². The van der Waals surface area contributed by atoms with E-state index in [-0.39, 0.29) is 17.9 Å². The van der Waals surface area contributed by atoms with Crippen molar-refractivity contribution >= 4 is 23.3 Å². The van der Waals surface area contributed by atoms with E-state index in [4.69, 9.17) is 4.74 Å². The third-order valence-electron chi connectivity index (χ3n) is 6.78. The fourth-order valence-electron chi connectivity index (χ4n) is 4.76. The normalized spacial score (nSPS) is 21.5. The molecule has 2 aromatic rings. The Hall–Kier alpha value is -3.26. The molecule has 5 rings (SSSR count). The summed E-state index contributed by atoms with van der Waals surface area (Å²) in [5.41, 5.74) is 4.07. The van der Waals surface area contributed by atoms with Gasteiger partial charge in [0, 0.05) is 45.2 Å². The van der Waals surface area contributed by atoms with Crippen molar-refractivity contribution in [2.24, 2.45) is 0 Å². The molecule has 1 unspecified atom stereocenters. The predicted octanol–water partition coefficient (Wildman–Crippen LogP) is 2.17. The topological polar surface area (TPSA) is 78.9 Å². The van der Waals surface area contributed by atoms with Gasteiger partial charge in [0.15, 0.2) is 0 Å². The number of piperazine rings is 1. The Balaban J connectivity index is 1.45. The minimum Gasteiger partial charge on any atom is -0.376 e. The molecule has 3 aliphatic heterocycles. The van der Waals surface area contributed by atoms with E-state index >= 15 is 0 Å². The van der Waals surface area contributed by atoms with Crippen LogP contribution < -0.4 is 4.90 Å². The number of amides is 2. The molecular formula is C25H29N5O3. The third kappa shape index (κ3) is 4.11. The molecule has 0 saturated carbocycles. The summed E-state index contributed by atoms with van der Waals surface area (Å²) >= 11 is 0. The van der Waals surface area contributed by atoms with E-state index in [9.17, 15) is 9.59 Å². The summed E-state index contributed by atoms with van der Waals surface area (Å²) in [4.78, 5) is 41.4. The number of rotatable bonds is 5. The van der Waals surface area contributed by atoms with Gasteiger partial charge in [0.05, 0.1) is 18.2 Å². The van der Waals surface area contributed by atoms with Gasteiger partial charge in [-0.25, -0.2) is 9.97 Å². The summed E-state index contributed by atoms with van der Waals surface area (Å²) in [7, 11) is 0. The number of carbonyl (C=O) groups excluding carboxylic acids is 2. The van der Waals surface area contributed by atoms with Gasteiger partial charge in [-0.05, 0) is 49.4 Å². The smallest absolute Gasteiger partial charge is 0.277 e. The lowest BCUT2D eigenvalue weighted by atomic mass is 9.99. The lowest BCUT2D eigenvalue weighted by molar-refractivity contribution is -0.139. The van der Waals surface area contributed by atoms with Gasteiger partial charge < -0.3 is 14.5 Å². The standard InChI is InChI=1S/C25H29N5O3/c1-17-6-7-19(15-18(17)2)21-22(24(32)30(23(21)31)16-20-5-3-14-33-20)28-10-12-29(13-11-28)25-26-8-4-9-27-25/h4,6-9,15,20H,3,5,10-14,16H2,1-2H3. The summed E-state index contributed by atoms with van der Waals surface area (Å²) in [6, 6.07) is 7.78. The van der Waals surface area contributed by atoms with Gasteiger partial charge in [-0.1, -0.05) is 18.2 Å². The van der Waals surface area contributed by atoms with Crippen LogP contribution in [0.25, 0.3) is 5.57 Å². The average Bonchev–Trinajstić information content (AvgIpc) is 3.44. The highest BCUT2D eigenvalue weighted by Gasteiger charge is 2.43. The molecule has 2 saturated heterocycles. The van der Waals surface area contributed by atoms with E-state index in [2.05, 4.69) is 19.8 Å². The Labute approximate surface area is 193 Å². The van der Waals surface area contributed by atoms with Crippen molar-refractivity contribution in [3.05, 3.63) is 59.0 Å². The maximum atomic E-state index is 13.6. The Morgan fingerprint density at radius 2 is 1.70 bits per heavy atom. The quantitative estimate of drug-likeness (QED) is 0.650. The van der Waals surface area contributed by atoms with Gasteiger partial charge in [0.25, 0.3) is 11.8 Å². The molecule has 172 valence electrons. The van der Waals surface area contributed by atoms with Crippen molar-refractivity contribution in [3.63, 3.8) is 0 Å². The molecule has 33 heavy (non-hydrogen) atoms. The van der Waals surface area contributed by atoms with Gasteiger partial charge in [-0.2, -0.15) is 0 Å². The Kier molecular flexibility index (Phi) is 5.85. The van der Waals surface area contributed by atoms with E-state index in [0.29, 0.717) is 56.5 Å². The zero-order chi connectivity index (χ0) is 22.9. The second-order valence-electron chi connectivity index (χ2n) is 8.90. The SMILES string of the molecule is Cc1ccc(C2=C(N3CCN(c4ncccn4)CC3)C(=O)N(CC3CCCO3)C2=O)cc1C. The summed E-state index contributed by atoms with van der Waals surface area (Å²) in [6.07, 6.45) is 5.23. The first-order valence-electron chi connectivity index (χ1n) is 11.6. The van der Waals surface area contributed by atoms with Crippen LogP contribution in [0.4, 0.5) is 5.95 Å². The van der Waals surface area contributed by atoms with Crippen LogP contribution in [0.5, 0.6) is 0 Å². The van der Waals surface area contributed by atoms with Gasteiger partial charge >= 0.3 is 0 Å². The fourth-order valence-corrected chi connectivity index (χ4v) is 4.76. The minimum atomic E-state index is -0.220. The number of aromatic nitrogens is 2. The molecule has 1 aromatic heterocycles. The molecule has 2 amide bonds. The molecule has 0 bridgehead atoms. The van der Waals surface area contributed by atoms with E-state index in [1.807, 2.05) is 32.0 Å². The van der Waals surface area contributed by atoms with Crippen molar-refractivity contribution in [1.29, 1.82) is 0 Å². The lowest BCUT2D eigenvalue weighted by Crippen LogP contribution is -2.48. The Morgan fingerprint density at radius 1 is 0.970 bits per heavy atom. The van der Waals surface area contributed by atoms with Gasteiger partial charge in [-0.15, -0.1) is 0 Å². The molecule has 0 aliphatic carbocycles. The van der Waals surface area contributed by atoms with E-state index in [0.717, 1.165) is 29.5 Å². The highest BCUT2D eigenvalue weighted by molar-refractivity contribution is 6.35. The van der Waals surface area contributed by atoms with E-state index < -0.39 is 0 Å². The highest BCUT2D eigenvalue weighted by Crippen LogP contribution is 2.34. The van der Waals surface area contributed by atoms with Crippen molar-refractivity contribution in [2.75, 3.05) is 44.2 Å². The number of carbonyl (C=O) groups is 2. The van der Waals surface area contributed by atoms with Gasteiger partial charge in [0.1, 0.15) is 5.70 Å². The van der Waals surface area contributed by atoms with Crippen molar-refractivity contribution in [2.45, 2.75) is 32.8 Å². The lowest BCUT2D eigenvalue weighted by Gasteiger charge is -2.36. The molecule has 8 nitrogen and oxygen atoms in total. The number of hydrogen-bond donors (Lipinski definition) is 0.